The van der Waals surface area contributed by atoms with Crippen molar-refractivity contribution in [1.82, 2.24) is 24.5 Å². The zero-order valence-corrected chi connectivity index (χ0v) is 17.3. The molecule has 154 valence electrons. The maximum absolute atomic E-state index is 12.6. The third-order valence-electron chi connectivity index (χ3n) is 4.09. The normalized spacial score (nSPS) is 12.2. The number of benzene rings is 2. The van der Waals surface area contributed by atoms with E-state index in [0.29, 0.717) is 18.8 Å². The van der Waals surface area contributed by atoms with Gasteiger partial charge in [0.1, 0.15) is 17.0 Å². The van der Waals surface area contributed by atoms with Crippen LogP contribution in [0.5, 0.6) is 5.75 Å². The van der Waals surface area contributed by atoms with Gasteiger partial charge in [-0.05, 0) is 46.8 Å². The Morgan fingerprint density at radius 2 is 1.62 bits per heavy atom. The van der Waals surface area contributed by atoms with E-state index in [-0.39, 0.29) is 15.5 Å². The molecule has 0 aliphatic rings. The molecule has 0 radical (unpaired) electrons. The Hall–Kier alpha value is -2.83. The minimum absolute atomic E-state index is 0.0147. The fourth-order valence-corrected chi connectivity index (χ4v) is 5.00. The lowest BCUT2D eigenvalue weighted by Crippen LogP contribution is -2.30. The molecule has 1 aromatic heterocycles. The molecule has 0 atom stereocenters. The first-order valence-electron chi connectivity index (χ1n) is 8.66. The zero-order valence-electron chi connectivity index (χ0n) is 15.7. The van der Waals surface area contributed by atoms with Crippen LogP contribution in [-0.2, 0) is 20.1 Å². The molecule has 0 spiro atoms. The number of rotatable bonds is 8. The highest BCUT2D eigenvalue weighted by atomic mass is 32.2. The van der Waals surface area contributed by atoms with Gasteiger partial charge in [-0.15, -0.1) is 5.10 Å². The molecule has 10 nitrogen and oxygen atoms in total. The van der Waals surface area contributed by atoms with Crippen LogP contribution in [0.25, 0.3) is 5.69 Å². The maximum atomic E-state index is 12.6. The van der Waals surface area contributed by atoms with Crippen molar-refractivity contribution in [2.45, 2.75) is 23.6 Å². The van der Waals surface area contributed by atoms with Crippen LogP contribution >= 0.6 is 0 Å². The predicted octanol–water partition coefficient (Wildman–Crippen LogP) is 1.46. The van der Waals surface area contributed by atoms with Crippen molar-refractivity contribution in [2.75, 3.05) is 13.1 Å². The molecule has 2 aromatic carbocycles. The molecule has 1 heterocycles. The minimum atomic E-state index is -4.16. The number of tetrazole rings is 1. The van der Waals surface area contributed by atoms with Crippen molar-refractivity contribution < 1.29 is 21.0 Å². The van der Waals surface area contributed by atoms with Crippen LogP contribution < -0.4 is 4.18 Å². The van der Waals surface area contributed by atoms with Gasteiger partial charge in [-0.25, -0.2) is 13.1 Å². The van der Waals surface area contributed by atoms with Crippen LogP contribution in [0.2, 0.25) is 0 Å². The average molecular weight is 438 g/mol. The largest absolute Gasteiger partial charge is 0.379 e. The number of sulfonamides is 1. The van der Waals surface area contributed by atoms with E-state index >= 15 is 0 Å². The molecule has 0 unspecified atom stereocenters. The third kappa shape index (κ3) is 4.44. The summed E-state index contributed by atoms with van der Waals surface area (Å²) in [5, 5.41) is 10.8. The molecule has 0 bridgehead atoms. The van der Waals surface area contributed by atoms with Crippen LogP contribution in [0.3, 0.4) is 0 Å². The van der Waals surface area contributed by atoms with E-state index in [2.05, 4.69) is 15.5 Å². The van der Waals surface area contributed by atoms with Crippen molar-refractivity contribution in [1.29, 1.82) is 0 Å². The van der Waals surface area contributed by atoms with Crippen molar-refractivity contribution in [3.05, 3.63) is 54.9 Å². The summed E-state index contributed by atoms with van der Waals surface area (Å²) >= 11 is 0. The fraction of sp³-hybridized carbons (Fsp3) is 0.235. The Balaban J connectivity index is 1.85. The van der Waals surface area contributed by atoms with E-state index < -0.39 is 20.1 Å². The minimum Gasteiger partial charge on any atom is -0.379 e. The topological polar surface area (TPSA) is 124 Å². The molecule has 0 aliphatic carbocycles. The number of aromatic nitrogens is 4. The van der Waals surface area contributed by atoms with Gasteiger partial charge in [-0.2, -0.15) is 12.7 Å². The third-order valence-corrected chi connectivity index (χ3v) is 7.42. The monoisotopic (exact) mass is 437 g/mol. The summed E-state index contributed by atoms with van der Waals surface area (Å²) in [6.07, 6.45) is 1.36. The molecule has 0 saturated carbocycles. The average Bonchev–Trinajstić information content (AvgIpc) is 3.24. The van der Waals surface area contributed by atoms with Crippen LogP contribution in [0.1, 0.15) is 13.8 Å². The summed E-state index contributed by atoms with van der Waals surface area (Å²) in [7, 11) is -7.84. The van der Waals surface area contributed by atoms with Gasteiger partial charge in [-0.3, -0.25) is 0 Å². The molecule has 0 amide bonds. The van der Waals surface area contributed by atoms with Crippen molar-refractivity contribution in [2.24, 2.45) is 0 Å². The summed E-state index contributed by atoms with van der Waals surface area (Å²) < 4.78 is 58.0. The molecule has 0 aliphatic heterocycles. The van der Waals surface area contributed by atoms with E-state index in [4.69, 9.17) is 4.18 Å². The maximum Gasteiger partial charge on any atom is 0.339 e. The van der Waals surface area contributed by atoms with E-state index in [1.807, 2.05) is 0 Å². The van der Waals surface area contributed by atoms with E-state index in [0.717, 1.165) is 0 Å². The van der Waals surface area contributed by atoms with Crippen LogP contribution in [-0.4, -0.2) is 54.4 Å². The Labute approximate surface area is 168 Å². The fourth-order valence-electron chi connectivity index (χ4n) is 2.62. The molecule has 12 heteroatoms. The second-order valence-corrected chi connectivity index (χ2v) is 9.33. The van der Waals surface area contributed by atoms with Crippen molar-refractivity contribution >= 4 is 20.1 Å². The SMILES string of the molecule is CCN(CC)S(=O)(=O)c1ccc(S(=O)(=O)Oc2cccc(-n3cnnn3)c2)cc1. The highest BCUT2D eigenvalue weighted by molar-refractivity contribution is 7.89. The first-order chi connectivity index (χ1) is 13.8. The molecular weight excluding hydrogens is 418 g/mol. The lowest BCUT2D eigenvalue weighted by atomic mass is 10.3. The number of hydrogen-bond acceptors (Lipinski definition) is 8. The summed E-state index contributed by atoms with van der Waals surface area (Å²) in [5.74, 6) is 0.0674. The second-order valence-electron chi connectivity index (χ2n) is 5.85. The van der Waals surface area contributed by atoms with Gasteiger partial charge in [0, 0.05) is 19.2 Å². The van der Waals surface area contributed by atoms with Gasteiger partial charge >= 0.3 is 10.1 Å². The summed E-state index contributed by atoms with van der Waals surface area (Å²) in [6.45, 7) is 4.10. The first kappa shape index (κ1) is 20.9. The Kier molecular flexibility index (Phi) is 5.96. The standard InChI is InChI=1S/C17H19N5O5S2/c1-3-21(4-2)28(23,24)16-8-10-17(11-9-16)29(25,26)27-15-7-5-6-14(12-15)22-13-18-19-20-22/h5-13H,3-4H2,1-2H3. The van der Waals surface area contributed by atoms with Gasteiger partial charge in [0.15, 0.2) is 0 Å². The van der Waals surface area contributed by atoms with Crippen molar-refractivity contribution in [3.63, 3.8) is 0 Å². The molecule has 29 heavy (non-hydrogen) atoms. The number of hydrogen-bond donors (Lipinski definition) is 0. The molecule has 0 N–H and O–H groups in total. The summed E-state index contributed by atoms with van der Waals surface area (Å²) in [6, 6.07) is 11.1. The lowest BCUT2D eigenvalue weighted by Gasteiger charge is -2.18. The van der Waals surface area contributed by atoms with Crippen LogP contribution in [0.4, 0.5) is 0 Å². The Morgan fingerprint density at radius 3 is 2.21 bits per heavy atom. The molecule has 0 saturated heterocycles. The molecular formula is C17H19N5O5S2. The van der Waals surface area contributed by atoms with Gasteiger partial charge < -0.3 is 4.18 Å². The summed E-state index contributed by atoms with van der Waals surface area (Å²) in [5.41, 5.74) is 0.517. The van der Waals surface area contributed by atoms with Gasteiger partial charge in [0.2, 0.25) is 10.0 Å². The summed E-state index contributed by atoms with van der Waals surface area (Å²) in [4.78, 5) is -0.148. The predicted molar refractivity (Wildman–Crippen MR) is 104 cm³/mol. The van der Waals surface area contributed by atoms with Gasteiger partial charge in [0.25, 0.3) is 0 Å². The molecule has 3 rings (SSSR count). The van der Waals surface area contributed by atoms with Crippen molar-refractivity contribution in [3.8, 4) is 11.4 Å². The van der Waals surface area contributed by atoms with Crippen LogP contribution in [0.15, 0.2) is 64.6 Å². The second kappa shape index (κ2) is 8.27. The first-order valence-corrected chi connectivity index (χ1v) is 11.5. The Morgan fingerprint density at radius 1 is 0.966 bits per heavy atom. The Bertz CT molecular complexity index is 1170. The zero-order chi connectivity index (χ0) is 21.1. The van der Waals surface area contributed by atoms with Gasteiger partial charge in [-0.1, -0.05) is 19.9 Å². The lowest BCUT2D eigenvalue weighted by molar-refractivity contribution is 0.445. The number of nitrogens with zero attached hydrogens (tertiary/aromatic N) is 5. The van der Waals surface area contributed by atoms with E-state index in [1.54, 1.807) is 26.0 Å². The molecule has 3 aromatic rings. The van der Waals surface area contributed by atoms with E-state index in [9.17, 15) is 16.8 Å². The van der Waals surface area contributed by atoms with E-state index in [1.165, 1.54) is 51.7 Å². The highest BCUT2D eigenvalue weighted by Crippen LogP contribution is 2.23. The van der Waals surface area contributed by atoms with Crippen LogP contribution in [0, 0.1) is 0 Å². The quantitative estimate of drug-likeness (QED) is 0.485. The smallest absolute Gasteiger partial charge is 0.339 e. The van der Waals surface area contributed by atoms with Gasteiger partial charge in [0.05, 0.1) is 10.6 Å². The molecule has 0 fully saturated rings. The highest BCUT2D eigenvalue weighted by Gasteiger charge is 2.23.